The van der Waals surface area contributed by atoms with Crippen LogP contribution in [0.2, 0.25) is 0 Å². The first-order valence-electron chi connectivity index (χ1n) is 11.5. The number of alkyl halides is 6. The molecule has 3 aromatic rings. The fraction of sp³-hybridized carbons (Fsp3) is 0.308. The molecule has 0 amide bonds. The van der Waals surface area contributed by atoms with Crippen LogP contribution in [-0.4, -0.2) is 26.8 Å². The molecule has 0 bridgehead atoms. The summed E-state index contributed by atoms with van der Waals surface area (Å²) in [5, 5.41) is 0. The Morgan fingerprint density at radius 2 is 1.35 bits per heavy atom. The lowest BCUT2D eigenvalue weighted by Crippen LogP contribution is -2.56. The van der Waals surface area contributed by atoms with Crippen LogP contribution in [0.4, 0.5) is 39.5 Å². The van der Waals surface area contributed by atoms with Gasteiger partial charge in [0, 0.05) is 17.2 Å². The number of hydrogen-bond donors (Lipinski definition) is 1. The summed E-state index contributed by atoms with van der Waals surface area (Å²) in [6.07, 6.45) is -12.6. The summed E-state index contributed by atoms with van der Waals surface area (Å²) in [5.74, 6) is -3.51. The fourth-order valence-electron chi connectivity index (χ4n) is 4.85. The number of nitrogens with two attached hydrogens (primary N) is 1. The summed E-state index contributed by atoms with van der Waals surface area (Å²) < 4.78 is 154. The Bertz CT molecular complexity index is 1450. The highest BCUT2D eigenvalue weighted by molar-refractivity contribution is 7.92. The average molecular weight is 599 g/mol. The molecule has 4 rings (SSSR count). The van der Waals surface area contributed by atoms with E-state index in [2.05, 4.69) is 4.74 Å². The fourth-order valence-corrected chi connectivity index (χ4v) is 7.14. The van der Waals surface area contributed by atoms with Crippen molar-refractivity contribution in [2.24, 2.45) is 5.73 Å². The lowest BCUT2D eigenvalue weighted by atomic mass is 9.74. The van der Waals surface area contributed by atoms with Crippen LogP contribution in [0.3, 0.4) is 0 Å². The molecule has 0 spiro atoms. The van der Waals surface area contributed by atoms with Crippen molar-refractivity contribution in [3.05, 3.63) is 101 Å². The minimum absolute atomic E-state index is 0.0897. The van der Waals surface area contributed by atoms with Gasteiger partial charge in [-0.15, -0.1) is 0 Å². The maximum atomic E-state index is 14.2. The van der Waals surface area contributed by atoms with Gasteiger partial charge in [0.2, 0.25) is 0 Å². The van der Waals surface area contributed by atoms with E-state index in [4.69, 9.17) is 5.73 Å². The molecule has 216 valence electrons. The smallest absolute Gasteiger partial charge is 0.349 e. The summed E-state index contributed by atoms with van der Waals surface area (Å²) in [6, 6.07) is 8.02. The Morgan fingerprint density at radius 1 is 0.850 bits per heavy atom. The molecule has 1 saturated carbocycles. The predicted molar refractivity (Wildman–Crippen MR) is 125 cm³/mol. The number of ether oxygens (including phenoxy) is 1. The second-order valence-electron chi connectivity index (χ2n) is 9.39. The van der Waals surface area contributed by atoms with Crippen molar-refractivity contribution in [1.29, 1.82) is 0 Å². The van der Waals surface area contributed by atoms with Gasteiger partial charge in [-0.1, -0.05) is 30.3 Å². The molecule has 0 radical (unpaired) electrons. The zero-order valence-corrected chi connectivity index (χ0v) is 21.0. The average Bonchev–Trinajstić information content (AvgIpc) is 2.82. The van der Waals surface area contributed by atoms with Crippen molar-refractivity contribution in [3.8, 4) is 0 Å². The molecule has 0 saturated heterocycles. The molecular formula is C26H21F9NO3S+. The minimum atomic E-state index is -6.15. The number of halogens is 9. The quantitative estimate of drug-likeness (QED) is 0.190. The third-order valence-electron chi connectivity index (χ3n) is 6.96. The Hall–Kier alpha value is -3.10. The second kappa shape index (κ2) is 10.1. The molecule has 1 aliphatic rings. The summed E-state index contributed by atoms with van der Waals surface area (Å²) in [5.41, 5.74) is -1.86. The first-order valence-corrected chi connectivity index (χ1v) is 13.1. The molecule has 0 aromatic heterocycles. The Kier molecular flexibility index (Phi) is 7.52. The largest absolute Gasteiger partial charge is 0.430 e. The van der Waals surface area contributed by atoms with Crippen molar-refractivity contribution in [1.82, 2.24) is 0 Å². The summed E-state index contributed by atoms with van der Waals surface area (Å²) in [4.78, 5) is -0.208. The number of rotatable bonds is 7. The molecule has 1 fully saturated rings. The monoisotopic (exact) mass is 598 g/mol. The van der Waals surface area contributed by atoms with Crippen molar-refractivity contribution < 1.29 is 52.7 Å². The maximum absolute atomic E-state index is 14.2. The lowest BCUT2D eigenvalue weighted by Gasteiger charge is -2.43. The van der Waals surface area contributed by atoms with E-state index in [-0.39, 0.29) is 23.3 Å². The molecule has 1 aliphatic carbocycles. The van der Waals surface area contributed by atoms with Crippen LogP contribution in [-0.2, 0) is 31.5 Å². The molecule has 1 atom stereocenters. The van der Waals surface area contributed by atoms with Gasteiger partial charge in [-0.05, 0) is 54.8 Å². The summed E-state index contributed by atoms with van der Waals surface area (Å²) >= 11 is 0. The standard InChI is InChI=1S/C26H20F9NO3S/c27-17-8-10-19(11-9-17)40(37,38)23(12-18(36)13-23)15-4-6-16(7-5-15)24(25(30,31)32,26(33,34)35)39-14-20-21(28)2-1-3-22(20)29/h1-11,18H,12-14,36H2/p+1. The molecule has 14 heteroatoms. The predicted octanol–water partition coefficient (Wildman–Crippen LogP) is 6.59. The highest BCUT2D eigenvalue weighted by Gasteiger charge is 2.73. The molecule has 3 N–H and O–H groups in total. The lowest BCUT2D eigenvalue weighted by molar-refractivity contribution is -0.392. The van der Waals surface area contributed by atoms with Gasteiger partial charge in [0.15, 0.2) is 0 Å². The second-order valence-corrected chi connectivity index (χ2v) is 11.7. The van der Waals surface area contributed by atoms with Crippen LogP contribution in [0.25, 0.3) is 0 Å². The van der Waals surface area contributed by atoms with E-state index in [1.54, 1.807) is 0 Å². The molecule has 0 heterocycles. The van der Waals surface area contributed by atoms with Crippen LogP contribution in [0.5, 0.6) is 0 Å². The van der Waals surface area contributed by atoms with Gasteiger partial charge in [0.1, 0.15) is 27.1 Å². The van der Waals surface area contributed by atoms with Crippen molar-refractivity contribution >= 4 is 9.84 Å². The highest BCUT2D eigenvalue weighted by Crippen LogP contribution is 2.55. The Morgan fingerprint density at radius 3 is 1.80 bits per heavy atom. The van der Waals surface area contributed by atoms with E-state index in [0.29, 0.717) is 24.3 Å². The Balaban J connectivity index is 1.80. The van der Waals surface area contributed by atoms with Crippen LogP contribution < -0.4 is 5.73 Å². The minimum Gasteiger partial charge on any atom is -0.349 e. The van der Waals surface area contributed by atoms with Gasteiger partial charge >= 0.3 is 22.2 Å². The number of benzene rings is 3. The van der Waals surface area contributed by atoms with Crippen LogP contribution in [0.1, 0.15) is 29.5 Å². The molecule has 3 aromatic carbocycles. The topological polar surface area (TPSA) is 73.7 Å². The van der Waals surface area contributed by atoms with Gasteiger partial charge in [-0.3, -0.25) is 0 Å². The highest BCUT2D eigenvalue weighted by atomic mass is 32.2. The SMILES string of the molecule is NC1CC(c2ccc(C(OCc3c(F)cccc3F)(C(F)(F)F)C(F)(F)F)cc2)(S(=O)(=[OH+])c2ccc(F)cc2)C1. The molecule has 40 heavy (non-hydrogen) atoms. The van der Waals surface area contributed by atoms with E-state index in [9.17, 15) is 47.9 Å². The van der Waals surface area contributed by atoms with Crippen LogP contribution in [0, 0.1) is 17.5 Å². The normalized spacial score (nSPS) is 21.5. The summed E-state index contributed by atoms with van der Waals surface area (Å²) in [6.45, 7) is -1.72. The van der Waals surface area contributed by atoms with Gasteiger partial charge in [-0.2, -0.15) is 30.6 Å². The van der Waals surface area contributed by atoms with E-state index < -0.39 is 73.8 Å². The maximum Gasteiger partial charge on any atom is 0.430 e. The third-order valence-corrected chi connectivity index (χ3v) is 9.50. The van der Waals surface area contributed by atoms with Gasteiger partial charge in [-0.25, -0.2) is 17.4 Å². The Labute approximate surface area is 222 Å². The zero-order chi connectivity index (χ0) is 29.7. The first kappa shape index (κ1) is 29.9. The zero-order valence-electron chi connectivity index (χ0n) is 20.2. The molecule has 4 nitrogen and oxygen atoms in total. The summed E-state index contributed by atoms with van der Waals surface area (Å²) in [7, 11) is -4.08. The van der Waals surface area contributed by atoms with Crippen molar-refractivity contribution in [3.63, 3.8) is 0 Å². The van der Waals surface area contributed by atoms with Crippen LogP contribution in [0.15, 0.2) is 71.6 Å². The van der Waals surface area contributed by atoms with E-state index in [1.165, 1.54) is 0 Å². The molecule has 0 aliphatic heterocycles. The van der Waals surface area contributed by atoms with Gasteiger partial charge in [0.05, 0.1) is 6.61 Å². The van der Waals surface area contributed by atoms with Crippen molar-refractivity contribution in [2.75, 3.05) is 0 Å². The van der Waals surface area contributed by atoms with E-state index in [0.717, 1.165) is 42.5 Å². The first-order chi connectivity index (χ1) is 18.5. The number of hydrogen-bond acceptors (Lipinski definition) is 3. The van der Waals surface area contributed by atoms with E-state index >= 15 is 0 Å². The molecular weight excluding hydrogens is 577 g/mol. The van der Waals surface area contributed by atoms with Crippen molar-refractivity contribution in [2.45, 2.75) is 53.1 Å². The van der Waals surface area contributed by atoms with Crippen LogP contribution >= 0.6 is 0 Å². The molecule has 1 unspecified atom stereocenters. The van der Waals surface area contributed by atoms with Gasteiger partial charge < -0.3 is 10.5 Å². The third kappa shape index (κ3) is 4.75. The van der Waals surface area contributed by atoms with E-state index in [1.807, 2.05) is 0 Å². The van der Waals surface area contributed by atoms with Gasteiger partial charge in [0.25, 0.3) is 5.60 Å².